The Kier molecular flexibility index (Phi) is 20.8. The fourth-order valence-corrected chi connectivity index (χ4v) is 7.46. The van der Waals surface area contributed by atoms with Crippen LogP contribution in [-0.4, -0.2) is 4.89 Å². The van der Waals surface area contributed by atoms with E-state index in [0.717, 1.165) is 43.6 Å². The summed E-state index contributed by atoms with van der Waals surface area (Å²) in [6, 6.07) is 14.0. The van der Waals surface area contributed by atoms with E-state index in [2.05, 4.69) is 52.0 Å². The Morgan fingerprint density at radius 2 is 1.05 bits per heavy atom. The van der Waals surface area contributed by atoms with Crippen molar-refractivity contribution in [2.45, 2.75) is 175 Å². The van der Waals surface area contributed by atoms with Gasteiger partial charge in [0.1, 0.15) is 5.75 Å². The van der Waals surface area contributed by atoms with Gasteiger partial charge in [-0.3, -0.25) is 0 Å². The van der Waals surface area contributed by atoms with Crippen molar-refractivity contribution in [2.75, 3.05) is 0 Å². The third-order valence-electron chi connectivity index (χ3n) is 8.97. The molecule has 0 aliphatic carbocycles. The van der Waals surface area contributed by atoms with Gasteiger partial charge in [0, 0.05) is 0 Å². The molecule has 0 bridgehead atoms. The van der Waals surface area contributed by atoms with Crippen LogP contribution < -0.4 is 9.83 Å². The average Bonchev–Trinajstić information content (AvgIpc) is 3.00. The van der Waals surface area contributed by atoms with Crippen molar-refractivity contribution in [3.63, 3.8) is 0 Å². The number of hydrogen-bond donors (Lipinski definition) is 1. The molecule has 0 aromatic heterocycles. The summed E-state index contributed by atoms with van der Waals surface area (Å²) >= 11 is 0. The molecule has 0 saturated carbocycles. The van der Waals surface area contributed by atoms with E-state index in [4.69, 9.17) is 4.52 Å². The molecule has 2 rings (SSSR count). The lowest BCUT2D eigenvalue weighted by Crippen LogP contribution is -2.16. The lowest BCUT2D eigenvalue weighted by Gasteiger charge is -2.18. The predicted octanol–water partition coefficient (Wildman–Crippen LogP) is 12.7. The average molecular weight is 627 g/mol. The summed E-state index contributed by atoms with van der Waals surface area (Å²) in [5.74, 6) is 1.25. The van der Waals surface area contributed by atoms with Crippen molar-refractivity contribution in [3.05, 3.63) is 59.2 Å². The second-order valence-electron chi connectivity index (χ2n) is 13.7. The van der Waals surface area contributed by atoms with Crippen LogP contribution in [0.5, 0.6) is 5.75 Å². The van der Waals surface area contributed by atoms with Crippen molar-refractivity contribution < 1.29 is 14.0 Å². The molecule has 0 saturated heterocycles. The van der Waals surface area contributed by atoms with Gasteiger partial charge in [-0.25, -0.2) is 4.57 Å². The number of aryl methyl sites for hydroxylation is 3. The first-order valence-electron chi connectivity index (χ1n) is 18.6. The molecule has 250 valence electrons. The molecule has 2 aromatic rings. The van der Waals surface area contributed by atoms with E-state index in [0.29, 0.717) is 11.1 Å². The van der Waals surface area contributed by atoms with Crippen LogP contribution in [0.1, 0.15) is 173 Å². The normalized spacial score (nSPS) is 13.0. The van der Waals surface area contributed by atoms with E-state index in [1.807, 2.05) is 18.2 Å². The smallest absolute Gasteiger partial charge is 0.408 e. The minimum absolute atomic E-state index is 0.474. The van der Waals surface area contributed by atoms with Gasteiger partial charge in [0.25, 0.3) is 0 Å². The highest BCUT2D eigenvalue weighted by Gasteiger charge is 2.28. The van der Waals surface area contributed by atoms with Gasteiger partial charge in [0.15, 0.2) is 0 Å². The molecule has 1 atom stereocenters. The largest absolute Gasteiger partial charge is 0.421 e. The van der Waals surface area contributed by atoms with Crippen LogP contribution in [0.25, 0.3) is 0 Å². The summed E-state index contributed by atoms with van der Waals surface area (Å²) < 4.78 is 19.5. The molecular weight excluding hydrogens is 559 g/mol. The van der Waals surface area contributed by atoms with E-state index in [-0.39, 0.29) is 0 Å². The zero-order valence-electron chi connectivity index (χ0n) is 29.1. The number of rotatable bonds is 27. The van der Waals surface area contributed by atoms with Gasteiger partial charge in [0.05, 0.1) is 5.30 Å². The highest BCUT2D eigenvalue weighted by molar-refractivity contribution is 7.61. The number of benzene rings is 2. The van der Waals surface area contributed by atoms with Crippen LogP contribution in [0.3, 0.4) is 0 Å². The Balaban J connectivity index is 1.97. The number of hydrogen-bond acceptors (Lipinski definition) is 2. The molecule has 44 heavy (non-hydrogen) atoms. The molecule has 0 aliphatic heterocycles. The Hall–Kier alpha value is -1.57. The molecule has 0 spiro atoms. The van der Waals surface area contributed by atoms with Crippen LogP contribution >= 0.6 is 7.60 Å². The van der Waals surface area contributed by atoms with Crippen molar-refractivity contribution in [1.82, 2.24) is 0 Å². The molecule has 2 aromatic carbocycles. The molecule has 3 nitrogen and oxygen atoms in total. The zero-order chi connectivity index (χ0) is 31.9. The fraction of sp³-hybridized carbons (Fsp3) is 0.700. The molecule has 0 radical (unpaired) electrons. The highest BCUT2D eigenvalue weighted by Crippen LogP contribution is 2.43. The van der Waals surface area contributed by atoms with Gasteiger partial charge in [-0.05, 0) is 79.3 Å². The molecule has 0 heterocycles. The summed E-state index contributed by atoms with van der Waals surface area (Å²) in [5.41, 5.74) is 3.54. The van der Waals surface area contributed by atoms with E-state index >= 15 is 0 Å². The standard InChI is InChI=1S/C40H67O3P/c1-5-7-9-11-13-17-21-25-36-28-31-39(32-29-36)43-44(41,42)40-33-30-37(26-22-18-14-12-10-8-6-2)34-38(40)27-23-19-15-16-20-24-35(3)4/h28-35H,5-27H2,1-4H3,(H,41,42). The maximum atomic E-state index is 13.7. The topological polar surface area (TPSA) is 46.5 Å². The highest BCUT2D eigenvalue weighted by atomic mass is 31.2. The Morgan fingerprint density at radius 1 is 0.591 bits per heavy atom. The van der Waals surface area contributed by atoms with Crippen molar-refractivity contribution in [3.8, 4) is 5.75 Å². The Morgan fingerprint density at radius 3 is 1.59 bits per heavy atom. The van der Waals surface area contributed by atoms with E-state index < -0.39 is 7.60 Å². The zero-order valence-corrected chi connectivity index (χ0v) is 30.0. The van der Waals surface area contributed by atoms with Gasteiger partial charge in [0.2, 0.25) is 0 Å². The monoisotopic (exact) mass is 626 g/mol. The minimum atomic E-state index is -4.00. The first-order chi connectivity index (χ1) is 21.4. The quantitative estimate of drug-likeness (QED) is 0.0792. The second-order valence-corrected chi connectivity index (χ2v) is 15.4. The summed E-state index contributed by atoms with van der Waals surface area (Å²) in [4.78, 5) is 11.2. The molecule has 1 N–H and O–H groups in total. The molecule has 0 aliphatic rings. The third-order valence-corrected chi connectivity index (χ3v) is 10.5. The maximum absolute atomic E-state index is 13.7. The van der Waals surface area contributed by atoms with Crippen molar-refractivity contribution in [1.29, 1.82) is 0 Å². The molecule has 1 unspecified atom stereocenters. The summed E-state index contributed by atoms with van der Waals surface area (Å²) in [7, 11) is -4.00. The van der Waals surface area contributed by atoms with Crippen LogP contribution in [-0.2, 0) is 23.8 Å². The minimum Gasteiger partial charge on any atom is -0.421 e. The van der Waals surface area contributed by atoms with Crippen LogP contribution in [0.15, 0.2) is 42.5 Å². The van der Waals surface area contributed by atoms with Crippen LogP contribution in [0.2, 0.25) is 0 Å². The van der Waals surface area contributed by atoms with Gasteiger partial charge >= 0.3 is 7.60 Å². The Labute approximate surface area is 272 Å². The van der Waals surface area contributed by atoms with Crippen molar-refractivity contribution in [2.24, 2.45) is 5.92 Å². The van der Waals surface area contributed by atoms with Gasteiger partial charge in [-0.1, -0.05) is 161 Å². The first kappa shape index (κ1) is 38.6. The van der Waals surface area contributed by atoms with E-state index in [1.54, 1.807) is 0 Å². The van der Waals surface area contributed by atoms with Crippen LogP contribution in [0, 0.1) is 5.92 Å². The third kappa shape index (κ3) is 17.2. The molecule has 4 heteroatoms. The molecule has 0 fully saturated rings. The predicted molar refractivity (Wildman–Crippen MR) is 193 cm³/mol. The first-order valence-corrected chi connectivity index (χ1v) is 20.2. The summed E-state index contributed by atoms with van der Waals surface area (Å²) in [6.07, 6.45) is 28.4. The lowest BCUT2D eigenvalue weighted by atomic mass is 9.99. The summed E-state index contributed by atoms with van der Waals surface area (Å²) in [5, 5.41) is 0.479. The maximum Gasteiger partial charge on any atom is 0.408 e. The number of unbranched alkanes of at least 4 members (excludes halogenated alkanes) is 16. The SMILES string of the molecule is CCCCCCCCCc1ccc(OP(=O)(O)c2ccc(CCCCCCCCC)cc2CCCCCCCC(C)C)cc1. The molecular formula is C40H67O3P. The van der Waals surface area contributed by atoms with Crippen molar-refractivity contribution >= 4 is 12.9 Å². The molecule has 0 amide bonds. The van der Waals surface area contributed by atoms with Crippen LogP contribution in [0.4, 0.5) is 0 Å². The summed E-state index contributed by atoms with van der Waals surface area (Å²) in [6.45, 7) is 9.11. The van der Waals surface area contributed by atoms with E-state index in [1.165, 1.54) is 127 Å². The van der Waals surface area contributed by atoms with Gasteiger partial charge < -0.3 is 9.42 Å². The van der Waals surface area contributed by atoms with Gasteiger partial charge in [-0.2, -0.15) is 0 Å². The van der Waals surface area contributed by atoms with Gasteiger partial charge in [-0.15, -0.1) is 0 Å². The fourth-order valence-electron chi connectivity index (χ4n) is 6.15. The lowest BCUT2D eigenvalue weighted by molar-refractivity contribution is 0.393. The second kappa shape index (κ2) is 23.7. The Bertz CT molecular complexity index is 1030. The van der Waals surface area contributed by atoms with E-state index in [9.17, 15) is 9.46 Å².